The van der Waals surface area contributed by atoms with E-state index in [-0.39, 0.29) is 36.0 Å². The van der Waals surface area contributed by atoms with E-state index in [1.54, 1.807) is 12.1 Å². The summed E-state index contributed by atoms with van der Waals surface area (Å²) in [5.41, 5.74) is 0.628. The molecule has 5 nitrogen and oxygen atoms in total. The van der Waals surface area contributed by atoms with Crippen LogP contribution >= 0.6 is 0 Å². The molecule has 5 heteroatoms. The van der Waals surface area contributed by atoms with Gasteiger partial charge < -0.3 is 10.6 Å². The third kappa shape index (κ3) is 8.10. The molecule has 1 aliphatic rings. The second-order valence-electron chi connectivity index (χ2n) is 11.1. The molecule has 2 N–H and O–H groups in total. The van der Waals surface area contributed by atoms with Crippen molar-refractivity contribution >= 4 is 17.5 Å². The van der Waals surface area contributed by atoms with Crippen LogP contribution in [0.4, 0.5) is 0 Å². The number of hydrogen-bond acceptors (Lipinski definition) is 4. The first-order chi connectivity index (χ1) is 17.7. The zero-order chi connectivity index (χ0) is 26.8. The lowest BCUT2D eigenvalue weighted by Crippen LogP contribution is -2.56. The quantitative estimate of drug-likeness (QED) is 0.369. The van der Waals surface area contributed by atoms with Crippen molar-refractivity contribution in [1.82, 2.24) is 10.6 Å². The molecule has 0 radical (unpaired) electrons. The van der Waals surface area contributed by atoms with E-state index in [1.165, 1.54) is 12.8 Å². The van der Waals surface area contributed by atoms with Gasteiger partial charge in [0.1, 0.15) is 5.78 Å². The Morgan fingerprint density at radius 2 is 1.49 bits per heavy atom. The topological polar surface area (TPSA) is 75.3 Å². The van der Waals surface area contributed by atoms with Crippen molar-refractivity contribution < 1.29 is 14.4 Å². The van der Waals surface area contributed by atoms with E-state index >= 15 is 0 Å². The van der Waals surface area contributed by atoms with Gasteiger partial charge in [-0.05, 0) is 50.8 Å². The molecule has 4 atom stereocenters. The Hall–Kier alpha value is -2.79. The highest BCUT2D eigenvalue weighted by atomic mass is 16.2. The molecule has 2 aromatic rings. The summed E-state index contributed by atoms with van der Waals surface area (Å²) in [4.78, 5) is 40.1. The van der Waals surface area contributed by atoms with Crippen LogP contribution in [-0.4, -0.2) is 29.1 Å². The maximum Gasteiger partial charge on any atom is 0.251 e. The number of amides is 1. The number of hydrogen-bond donors (Lipinski definition) is 2. The van der Waals surface area contributed by atoms with Crippen LogP contribution in [0.5, 0.6) is 0 Å². The highest BCUT2D eigenvalue weighted by molar-refractivity contribution is 5.95. The second-order valence-corrected chi connectivity index (χ2v) is 11.1. The van der Waals surface area contributed by atoms with Gasteiger partial charge in [0.05, 0.1) is 11.6 Å². The summed E-state index contributed by atoms with van der Waals surface area (Å²) in [6.45, 7) is 7.92. The summed E-state index contributed by atoms with van der Waals surface area (Å²) in [7, 11) is 0. The van der Waals surface area contributed by atoms with Crippen LogP contribution < -0.4 is 10.6 Å². The van der Waals surface area contributed by atoms with Crippen LogP contribution in [0.2, 0.25) is 0 Å². The van der Waals surface area contributed by atoms with Gasteiger partial charge in [0, 0.05) is 29.9 Å². The van der Waals surface area contributed by atoms with E-state index in [1.807, 2.05) is 69.3 Å². The molecule has 200 valence electrons. The number of rotatable bonds is 11. The summed E-state index contributed by atoms with van der Waals surface area (Å²) < 4.78 is 0. The molecule has 37 heavy (non-hydrogen) atoms. The van der Waals surface area contributed by atoms with Gasteiger partial charge in [-0.2, -0.15) is 0 Å². The molecule has 1 aliphatic carbocycles. The molecule has 0 aliphatic heterocycles. The van der Waals surface area contributed by atoms with Gasteiger partial charge >= 0.3 is 0 Å². The van der Waals surface area contributed by atoms with E-state index in [0.29, 0.717) is 11.3 Å². The minimum atomic E-state index is -0.831. The van der Waals surface area contributed by atoms with E-state index in [0.717, 1.165) is 37.7 Å². The number of carbonyl (C=O) groups is 3. The molecule has 0 aromatic heterocycles. The fourth-order valence-corrected chi connectivity index (χ4v) is 5.32. The van der Waals surface area contributed by atoms with Crippen LogP contribution in [-0.2, 0) is 9.59 Å². The first-order valence-electron chi connectivity index (χ1n) is 14.0. The van der Waals surface area contributed by atoms with Crippen LogP contribution in [0.25, 0.3) is 0 Å². The average Bonchev–Trinajstić information content (AvgIpc) is 2.90. The maximum atomic E-state index is 13.8. The molecule has 1 saturated carbocycles. The van der Waals surface area contributed by atoms with Crippen molar-refractivity contribution in [3.05, 3.63) is 71.8 Å². The molecule has 2 aromatic carbocycles. The Labute approximate surface area is 222 Å². The van der Waals surface area contributed by atoms with Crippen molar-refractivity contribution in [2.75, 3.05) is 0 Å². The van der Waals surface area contributed by atoms with Crippen LogP contribution in [0.15, 0.2) is 60.7 Å². The predicted octanol–water partition coefficient (Wildman–Crippen LogP) is 6.44. The SMILES string of the molecule is CCC(C)C(=O)C1CCCCCCC1NC(C)(C)C(=O)CC(NC(=O)c1ccccc1)c1ccccc1. The average molecular weight is 505 g/mol. The van der Waals surface area contributed by atoms with E-state index in [9.17, 15) is 14.4 Å². The zero-order valence-electron chi connectivity index (χ0n) is 23.0. The third-order valence-corrected chi connectivity index (χ3v) is 7.91. The first kappa shape index (κ1) is 28.8. The highest BCUT2D eigenvalue weighted by Gasteiger charge is 2.37. The summed E-state index contributed by atoms with van der Waals surface area (Å²) >= 11 is 0. The van der Waals surface area contributed by atoms with Gasteiger partial charge in [-0.15, -0.1) is 0 Å². The smallest absolute Gasteiger partial charge is 0.251 e. The summed E-state index contributed by atoms with van der Waals surface area (Å²) in [5, 5.41) is 6.71. The molecule has 0 saturated heterocycles. The lowest BCUT2D eigenvalue weighted by atomic mass is 9.78. The Kier molecular flexibility index (Phi) is 10.6. The minimum absolute atomic E-state index is 0.0187. The van der Waals surface area contributed by atoms with E-state index < -0.39 is 11.6 Å². The van der Waals surface area contributed by atoms with Gasteiger partial charge in [0.15, 0.2) is 5.78 Å². The Balaban J connectivity index is 1.78. The van der Waals surface area contributed by atoms with Crippen LogP contribution in [0.1, 0.15) is 101 Å². The van der Waals surface area contributed by atoms with Gasteiger partial charge in [0.2, 0.25) is 0 Å². The van der Waals surface area contributed by atoms with Crippen molar-refractivity contribution in [3.63, 3.8) is 0 Å². The molecule has 3 rings (SSSR count). The highest BCUT2D eigenvalue weighted by Crippen LogP contribution is 2.29. The van der Waals surface area contributed by atoms with Crippen molar-refractivity contribution in [2.45, 2.75) is 96.7 Å². The molecule has 1 amide bonds. The van der Waals surface area contributed by atoms with Crippen molar-refractivity contribution in [2.24, 2.45) is 11.8 Å². The molecule has 1 fully saturated rings. The van der Waals surface area contributed by atoms with Crippen molar-refractivity contribution in [3.8, 4) is 0 Å². The lowest BCUT2D eigenvalue weighted by molar-refractivity contribution is -0.130. The molecule has 0 bridgehead atoms. The van der Waals surface area contributed by atoms with E-state index in [2.05, 4.69) is 17.6 Å². The number of ketones is 2. The summed E-state index contributed by atoms with van der Waals surface area (Å²) in [6.07, 6.45) is 7.23. The van der Waals surface area contributed by atoms with Gasteiger partial charge in [-0.3, -0.25) is 14.4 Å². The van der Waals surface area contributed by atoms with Crippen molar-refractivity contribution in [1.29, 1.82) is 0 Å². The number of nitrogens with one attached hydrogen (secondary N) is 2. The zero-order valence-corrected chi connectivity index (χ0v) is 23.0. The summed E-state index contributed by atoms with van der Waals surface area (Å²) in [6, 6.07) is 18.3. The fourth-order valence-electron chi connectivity index (χ4n) is 5.32. The van der Waals surface area contributed by atoms with Gasteiger partial charge in [0.25, 0.3) is 5.91 Å². The molecular weight excluding hydrogens is 460 g/mol. The monoisotopic (exact) mass is 504 g/mol. The van der Waals surface area contributed by atoms with E-state index in [4.69, 9.17) is 0 Å². The molecule has 4 unspecified atom stereocenters. The Bertz CT molecular complexity index is 1020. The predicted molar refractivity (Wildman–Crippen MR) is 149 cm³/mol. The fraction of sp³-hybridized carbons (Fsp3) is 0.531. The number of carbonyl (C=O) groups excluding carboxylic acids is 3. The standard InChI is InChI=1S/C32H44N2O3/c1-5-23(2)30(36)26-20-14-6-7-15-21-27(26)34-32(3,4)29(35)22-28(24-16-10-8-11-17-24)33-31(37)25-18-12-9-13-19-25/h8-13,16-19,23,26-28,34H,5-7,14-15,20-22H2,1-4H3,(H,33,37). The molecular formula is C32H44N2O3. The largest absolute Gasteiger partial charge is 0.345 e. The molecule has 0 heterocycles. The summed E-state index contributed by atoms with van der Waals surface area (Å²) in [5.74, 6) is 0.106. The Morgan fingerprint density at radius 3 is 2.11 bits per heavy atom. The number of benzene rings is 2. The van der Waals surface area contributed by atoms with Gasteiger partial charge in [-0.1, -0.05) is 88.1 Å². The minimum Gasteiger partial charge on any atom is -0.345 e. The van der Waals surface area contributed by atoms with Crippen LogP contribution in [0, 0.1) is 11.8 Å². The third-order valence-electron chi connectivity index (χ3n) is 7.91. The lowest BCUT2D eigenvalue weighted by Gasteiger charge is -2.37. The molecule has 0 spiro atoms. The second kappa shape index (κ2) is 13.7. The normalized spacial score (nSPS) is 20.2. The Morgan fingerprint density at radius 1 is 0.892 bits per heavy atom. The maximum absolute atomic E-state index is 13.8. The first-order valence-corrected chi connectivity index (χ1v) is 14.0. The van der Waals surface area contributed by atoms with Crippen LogP contribution in [0.3, 0.4) is 0 Å². The van der Waals surface area contributed by atoms with Gasteiger partial charge in [-0.25, -0.2) is 0 Å². The number of Topliss-reactive ketones (excluding diaryl/α,β-unsaturated/α-hetero) is 2.